The number of anilines is 1. The van der Waals surface area contributed by atoms with Gasteiger partial charge in [0.2, 0.25) is 11.7 Å². The Balaban J connectivity index is 1.59. The standard InChI is InChI=1S/C20H16BrF3N6O5/c21-14-5-1-4-12(26-14)17(31)27-16-13(34-20(22,23)24)7-11(8-25-16)15-28-18(35-29-15)10-3-2-6-30(9-10)19(32)33/h1,4-5,7-8,10H,2-3,6,9H2,(H,32,33)(H,25,27,31). The number of piperidine rings is 1. The van der Waals surface area contributed by atoms with E-state index >= 15 is 0 Å². The van der Waals surface area contributed by atoms with Crippen molar-refractivity contribution in [3.63, 3.8) is 0 Å². The molecule has 35 heavy (non-hydrogen) atoms. The van der Waals surface area contributed by atoms with Crippen molar-refractivity contribution >= 4 is 33.7 Å². The molecule has 4 rings (SSSR count). The summed E-state index contributed by atoms with van der Waals surface area (Å²) in [4.78, 5) is 36.9. The molecule has 0 radical (unpaired) electrons. The summed E-state index contributed by atoms with van der Waals surface area (Å²) in [5.74, 6) is -2.36. The molecule has 0 spiro atoms. The van der Waals surface area contributed by atoms with Gasteiger partial charge in [0.15, 0.2) is 11.6 Å². The molecule has 3 aromatic rings. The maximum atomic E-state index is 13.0. The summed E-state index contributed by atoms with van der Waals surface area (Å²) in [6.45, 7) is 0.545. The Morgan fingerprint density at radius 3 is 2.80 bits per heavy atom. The summed E-state index contributed by atoms with van der Waals surface area (Å²) in [5.41, 5.74) is -0.0300. The van der Waals surface area contributed by atoms with Crippen molar-refractivity contribution in [3.05, 3.63) is 46.7 Å². The summed E-state index contributed by atoms with van der Waals surface area (Å²) in [6, 6.07) is 5.44. The fourth-order valence-electron chi connectivity index (χ4n) is 3.44. The maximum Gasteiger partial charge on any atom is 0.573 e. The number of pyridine rings is 2. The van der Waals surface area contributed by atoms with E-state index in [4.69, 9.17) is 4.52 Å². The summed E-state index contributed by atoms with van der Waals surface area (Å²) in [6.07, 6.45) is -3.78. The number of nitrogens with zero attached hydrogens (tertiary/aromatic N) is 5. The molecular weight excluding hydrogens is 541 g/mol. The summed E-state index contributed by atoms with van der Waals surface area (Å²) in [5, 5.41) is 15.2. The van der Waals surface area contributed by atoms with Crippen molar-refractivity contribution in [2.24, 2.45) is 0 Å². The van der Waals surface area contributed by atoms with Gasteiger partial charge in [0, 0.05) is 24.8 Å². The van der Waals surface area contributed by atoms with Crippen molar-refractivity contribution in [2.75, 3.05) is 18.4 Å². The van der Waals surface area contributed by atoms with Gasteiger partial charge in [-0.05, 0) is 47.0 Å². The van der Waals surface area contributed by atoms with E-state index in [2.05, 4.69) is 46.1 Å². The number of ether oxygens (including phenoxy) is 1. The molecule has 15 heteroatoms. The minimum Gasteiger partial charge on any atom is -0.465 e. The molecule has 1 aliphatic heterocycles. The monoisotopic (exact) mass is 556 g/mol. The lowest BCUT2D eigenvalue weighted by Gasteiger charge is -2.28. The lowest BCUT2D eigenvalue weighted by Crippen LogP contribution is -2.38. The van der Waals surface area contributed by atoms with Crippen LogP contribution in [-0.2, 0) is 0 Å². The van der Waals surface area contributed by atoms with Crippen LogP contribution in [0.25, 0.3) is 11.4 Å². The SMILES string of the molecule is O=C(Nc1ncc(-c2noc(C3CCCN(C(=O)O)C3)n2)cc1OC(F)(F)F)c1cccc(Br)n1. The van der Waals surface area contributed by atoms with Crippen LogP contribution in [0.1, 0.15) is 35.1 Å². The van der Waals surface area contributed by atoms with Gasteiger partial charge >= 0.3 is 12.5 Å². The second-order valence-electron chi connectivity index (χ2n) is 7.44. The first-order chi connectivity index (χ1) is 16.6. The van der Waals surface area contributed by atoms with E-state index in [9.17, 15) is 27.9 Å². The van der Waals surface area contributed by atoms with Crippen LogP contribution in [0.2, 0.25) is 0 Å². The average molecular weight is 557 g/mol. The molecule has 0 saturated carbocycles. The third kappa shape index (κ3) is 6.03. The fourth-order valence-corrected chi connectivity index (χ4v) is 3.78. The highest BCUT2D eigenvalue weighted by Gasteiger charge is 2.34. The van der Waals surface area contributed by atoms with E-state index in [0.717, 1.165) is 12.3 Å². The number of rotatable bonds is 5. The first-order valence-electron chi connectivity index (χ1n) is 10.1. The minimum absolute atomic E-state index is 0.0312. The molecule has 1 fully saturated rings. The van der Waals surface area contributed by atoms with Gasteiger partial charge < -0.3 is 24.6 Å². The molecule has 2 amide bonds. The number of aromatic nitrogens is 4. The Labute approximate surface area is 203 Å². The Bertz CT molecular complexity index is 1250. The molecule has 1 aliphatic rings. The third-order valence-electron chi connectivity index (χ3n) is 5.00. The normalized spacial score (nSPS) is 16.1. The molecule has 0 bridgehead atoms. The molecule has 11 nitrogen and oxygen atoms in total. The number of halogens is 4. The van der Waals surface area contributed by atoms with Crippen molar-refractivity contribution in [1.29, 1.82) is 0 Å². The second kappa shape index (κ2) is 9.85. The lowest BCUT2D eigenvalue weighted by atomic mass is 9.98. The van der Waals surface area contributed by atoms with Crippen molar-refractivity contribution in [3.8, 4) is 17.1 Å². The van der Waals surface area contributed by atoms with Gasteiger partial charge in [-0.25, -0.2) is 14.8 Å². The summed E-state index contributed by atoms with van der Waals surface area (Å²) < 4.78 is 48.8. The van der Waals surface area contributed by atoms with Gasteiger partial charge in [-0.2, -0.15) is 4.98 Å². The molecule has 4 heterocycles. The van der Waals surface area contributed by atoms with E-state index < -0.39 is 29.9 Å². The molecule has 1 atom stereocenters. The number of carboxylic acid groups (broad SMARTS) is 1. The zero-order valence-electron chi connectivity index (χ0n) is 17.6. The number of hydrogen-bond acceptors (Lipinski definition) is 8. The number of nitrogens with one attached hydrogen (secondary N) is 1. The average Bonchev–Trinajstić information content (AvgIpc) is 3.30. The zero-order valence-corrected chi connectivity index (χ0v) is 19.2. The molecule has 0 aromatic carbocycles. The van der Waals surface area contributed by atoms with Crippen molar-refractivity contribution in [2.45, 2.75) is 25.1 Å². The van der Waals surface area contributed by atoms with Crippen LogP contribution >= 0.6 is 15.9 Å². The molecule has 2 N–H and O–H groups in total. The number of likely N-dealkylation sites (tertiary alicyclic amines) is 1. The van der Waals surface area contributed by atoms with Crippen LogP contribution in [0.3, 0.4) is 0 Å². The second-order valence-corrected chi connectivity index (χ2v) is 8.25. The predicted molar refractivity (Wildman–Crippen MR) is 116 cm³/mol. The molecule has 3 aromatic heterocycles. The Kier molecular flexibility index (Phi) is 6.86. The van der Waals surface area contributed by atoms with Gasteiger partial charge in [0.05, 0.1) is 5.92 Å². The fraction of sp³-hybridized carbons (Fsp3) is 0.300. The number of carbonyl (C=O) groups is 2. The number of alkyl halides is 3. The first kappa shape index (κ1) is 24.4. The van der Waals surface area contributed by atoms with Crippen LogP contribution in [0.5, 0.6) is 5.75 Å². The summed E-state index contributed by atoms with van der Waals surface area (Å²) in [7, 11) is 0. The molecule has 0 aliphatic carbocycles. The Hall–Kier alpha value is -3.75. The highest BCUT2D eigenvalue weighted by molar-refractivity contribution is 9.10. The van der Waals surface area contributed by atoms with E-state index in [1.165, 1.54) is 17.0 Å². The third-order valence-corrected chi connectivity index (χ3v) is 5.44. The van der Waals surface area contributed by atoms with Gasteiger partial charge in [-0.1, -0.05) is 11.2 Å². The number of amides is 2. The smallest absolute Gasteiger partial charge is 0.465 e. The predicted octanol–water partition coefficient (Wildman–Crippen LogP) is 4.30. The number of carbonyl (C=O) groups excluding carboxylic acids is 1. The molecule has 1 saturated heterocycles. The van der Waals surface area contributed by atoms with E-state index in [1.807, 2.05) is 0 Å². The first-order valence-corrected chi connectivity index (χ1v) is 10.9. The maximum absolute atomic E-state index is 13.0. The minimum atomic E-state index is -5.07. The van der Waals surface area contributed by atoms with Crippen LogP contribution in [0.15, 0.2) is 39.6 Å². The van der Waals surface area contributed by atoms with Crippen LogP contribution < -0.4 is 10.1 Å². The highest BCUT2D eigenvalue weighted by atomic mass is 79.9. The largest absolute Gasteiger partial charge is 0.573 e. The molecular formula is C20H16BrF3N6O5. The number of hydrogen-bond donors (Lipinski definition) is 2. The van der Waals surface area contributed by atoms with Gasteiger partial charge in [0.1, 0.15) is 10.3 Å². The molecule has 184 valence electrons. The van der Waals surface area contributed by atoms with E-state index in [1.54, 1.807) is 6.07 Å². The van der Waals surface area contributed by atoms with Gasteiger partial charge in [0.25, 0.3) is 5.91 Å². The van der Waals surface area contributed by atoms with Crippen LogP contribution in [0.4, 0.5) is 23.8 Å². The summed E-state index contributed by atoms with van der Waals surface area (Å²) >= 11 is 3.11. The Morgan fingerprint density at radius 1 is 1.29 bits per heavy atom. The lowest BCUT2D eigenvalue weighted by molar-refractivity contribution is -0.274. The van der Waals surface area contributed by atoms with E-state index in [-0.39, 0.29) is 35.4 Å². The quantitative estimate of drug-likeness (QED) is 0.439. The van der Waals surface area contributed by atoms with E-state index in [0.29, 0.717) is 24.0 Å². The van der Waals surface area contributed by atoms with Crippen LogP contribution in [-0.4, -0.2) is 61.6 Å². The van der Waals surface area contributed by atoms with Gasteiger partial charge in [-0.15, -0.1) is 13.2 Å². The van der Waals surface area contributed by atoms with Gasteiger partial charge in [-0.3, -0.25) is 4.79 Å². The zero-order chi connectivity index (χ0) is 25.2. The topological polar surface area (TPSA) is 144 Å². The van der Waals surface area contributed by atoms with Crippen LogP contribution in [0, 0.1) is 0 Å². The Morgan fingerprint density at radius 2 is 2.09 bits per heavy atom. The van der Waals surface area contributed by atoms with Crippen molar-refractivity contribution < 1.29 is 37.1 Å². The molecule has 1 unspecified atom stereocenters. The van der Waals surface area contributed by atoms with Crippen molar-refractivity contribution in [1.82, 2.24) is 25.0 Å². The highest BCUT2D eigenvalue weighted by Crippen LogP contribution is 2.33.